The fourth-order valence-electron chi connectivity index (χ4n) is 2.42. The first-order valence-corrected chi connectivity index (χ1v) is 7.37. The highest BCUT2D eigenvalue weighted by Crippen LogP contribution is 2.25. The Labute approximate surface area is 127 Å². The number of pyridine rings is 2. The van der Waals surface area contributed by atoms with Crippen LogP contribution in [0.2, 0.25) is 0 Å². The van der Waals surface area contributed by atoms with Crippen molar-refractivity contribution in [3.05, 3.63) is 41.2 Å². The Hall–Kier alpha value is -2.48. The van der Waals surface area contributed by atoms with Crippen molar-refractivity contribution in [1.29, 1.82) is 0 Å². The molecule has 5 nitrogen and oxygen atoms in total. The monoisotopic (exact) mass is 317 g/mol. The van der Waals surface area contributed by atoms with Crippen LogP contribution in [0.25, 0.3) is 27.4 Å². The number of imidazole rings is 1. The lowest BCUT2D eigenvalue weighted by molar-refractivity contribution is 0.470. The summed E-state index contributed by atoms with van der Waals surface area (Å²) >= 11 is 1.37. The number of rotatable bonds is 3. The average Bonchev–Trinajstić information content (AvgIpc) is 3.22. The predicted molar refractivity (Wildman–Crippen MR) is 79.0 cm³/mol. The normalized spacial score (nSPS) is 11.5. The Balaban J connectivity index is 2.05. The second-order valence-electron chi connectivity index (χ2n) is 4.71. The van der Waals surface area contributed by atoms with Gasteiger partial charge in [0, 0.05) is 11.6 Å². The Kier molecular flexibility index (Phi) is 3.04. The largest absolute Gasteiger partial charge is 0.283 e. The van der Waals surface area contributed by atoms with Crippen molar-refractivity contribution in [1.82, 2.24) is 24.6 Å². The highest BCUT2D eigenvalue weighted by atomic mass is 32.1. The van der Waals surface area contributed by atoms with Gasteiger partial charge >= 0.3 is 0 Å². The van der Waals surface area contributed by atoms with Gasteiger partial charge in [0.2, 0.25) is 0 Å². The van der Waals surface area contributed by atoms with Crippen LogP contribution in [0.4, 0.5) is 8.78 Å². The third-order valence-electron chi connectivity index (χ3n) is 3.40. The lowest BCUT2D eigenvalue weighted by Gasteiger charge is -2.06. The first-order valence-electron chi connectivity index (χ1n) is 6.49. The molecule has 0 unspecified atom stereocenters. The molecule has 4 aromatic rings. The molecule has 22 heavy (non-hydrogen) atoms. The SMILES string of the molecule is FCc1cc(CF)c2ccc3nc(-c4nncs4)cn3c2n1. The van der Waals surface area contributed by atoms with E-state index in [2.05, 4.69) is 20.2 Å². The first kappa shape index (κ1) is 13.2. The van der Waals surface area contributed by atoms with Crippen LogP contribution in [-0.2, 0) is 13.3 Å². The van der Waals surface area contributed by atoms with Gasteiger partial charge in [-0.05, 0) is 23.8 Å². The fourth-order valence-corrected chi connectivity index (χ4v) is 2.93. The smallest absolute Gasteiger partial charge is 0.167 e. The van der Waals surface area contributed by atoms with Crippen LogP contribution >= 0.6 is 11.3 Å². The van der Waals surface area contributed by atoms with Crippen molar-refractivity contribution >= 4 is 28.0 Å². The van der Waals surface area contributed by atoms with Crippen LogP contribution in [0.1, 0.15) is 11.3 Å². The summed E-state index contributed by atoms with van der Waals surface area (Å²) in [6.45, 7) is -1.41. The molecule has 0 aliphatic carbocycles. The third kappa shape index (κ3) is 1.95. The van der Waals surface area contributed by atoms with Crippen LogP contribution in [0.3, 0.4) is 0 Å². The zero-order valence-corrected chi connectivity index (χ0v) is 12.0. The standard InChI is InChI=1S/C14H9F2N5S/c15-4-8-3-9(5-16)18-13-10(8)1-2-12-19-11(6-21(12)13)14-20-17-7-22-14/h1-3,6-7H,4-5H2. The topological polar surface area (TPSA) is 56.0 Å². The van der Waals surface area contributed by atoms with E-state index in [-0.39, 0.29) is 5.69 Å². The summed E-state index contributed by atoms with van der Waals surface area (Å²) in [6.07, 6.45) is 1.76. The van der Waals surface area contributed by atoms with E-state index in [1.807, 2.05) is 0 Å². The lowest BCUT2D eigenvalue weighted by atomic mass is 10.1. The van der Waals surface area contributed by atoms with E-state index >= 15 is 0 Å². The third-order valence-corrected chi connectivity index (χ3v) is 4.11. The fraction of sp³-hybridized carbons (Fsp3) is 0.143. The second-order valence-corrected chi connectivity index (χ2v) is 5.54. The van der Waals surface area contributed by atoms with Crippen molar-refractivity contribution in [2.45, 2.75) is 13.3 Å². The summed E-state index contributed by atoms with van der Waals surface area (Å²) in [4.78, 5) is 8.73. The Morgan fingerprint density at radius 2 is 2.05 bits per heavy atom. The molecule has 0 fully saturated rings. The molecule has 8 heteroatoms. The molecule has 0 bridgehead atoms. The molecule has 0 spiro atoms. The quantitative estimate of drug-likeness (QED) is 0.581. The summed E-state index contributed by atoms with van der Waals surface area (Å²) in [5.74, 6) is 0. The van der Waals surface area contributed by atoms with Crippen LogP contribution in [-0.4, -0.2) is 24.6 Å². The highest BCUT2D eigenvalue weighted by Gasteiger charge is 2.13. The van der Waals surface area contributed by atoms with Crippen LogP contribution in [0.5, 0.6) is 0 Å². The summed E-state index contributed by atoms with van der Waals surface area (Å²) in [5.41, 5.74) is 4.04. The van der Waals surface area contributed by atoms with E-state index in [4.69, 9.17) is 0 Å². The van der Waals surface area contributed by atoms with E-state index in [1.54, 1.807) is 28.2 Å². The van der Waals surface area contributed by atoms with Gasteiger partial charge in [-0.2, -0.15) is 0 Å². The van der Waals surface area contributed by atoms with Crippen LogP contribution in [0, 0.1) is 0 Å². The van der Waals surface area contributed by atoms with Crippen LogP contribution < -0.4 is 0 Å². The predicted octanol–water partition coefficient (Wildman–Crippen LogP) is 3.34. The number of alkyl halides is 2. The molecule has 0 saturated heterocycles. The maximum Gasteiger partial charge on any atom is 0.167 e. The molecule has 0 N–H and O–H groups in total. The Morgan fingerprint density at radius 1 is 1.14 bits per heavy atom. The van der Waals surface area contributed by atoms with Gasteiger partial charge in [-0.1, -0.05) is 11.3 Å². The maximum absolute atomic E-state index is 13.2. The van der Waals surface area contributed by atoms with Gasteiger partial charge in [-0.25, -0.2) is 18.7 Å². The summed E-state index contributed by atoms with van der Waals surface area (Å²) < 4.78 is 27.9. The Morgan fingerprint density at radius 3 is 2.77 bits per heavy atom. The van der Waals surface area contributed by atoms with E-state index in [0.717, 1.165) is 0 Å². The Bertz CT molecular complexity index is 964. The molecule has 0 aliphatic rings. The zero-order chi connectivity index (χ0) is 15.1. The number of hydrogen-bond donors (Lipinski definition) is 0. The number of fused-ring (bicyclic) bond motifs is 3. The number of hydrogen-bond acceptors (Lipinski definition) is 5. The molecule has 4 heterocycles. The van der Waals surface area contributed by atoms with E-state index in [0.29, 0.717) is 32.9 Å². The van der Waals surface area contributed by atoms with E-state index < -0.39 is 13.3 Å². The minimum Gasteiger partial charge on any atom is -0.283 e. The van der Waals surface area contributed by atoms with Crippen molar-refractivity contribution in [3.63, 3.8) is 0 Å². The maximum atomic E-state index is 13.2. The second kappa shape index (κ2) is 5.06. The van der Waals surface area contributed by atoms with Crippen molar-refractivity contribution in [3.8, 4) is 10.7 Å². The molecule has 110 valence electrons. The molecule has 0 radical (unpaired) electrons. The average molecular weight is 317 g/mol. The molecule has 4 aromatic heterocycles. The number of nitrogens with zero attached hydrogens (tertiary/aromatic N) is 5. The van der Waals surface area contributed by atoms with Crippen LogP contribution in [0.15, 0.2) is 29.9 Å². The van der Waals surface area contributed by atoms with Gasteiger partial charge < -0.3 is 0 Å². The molecular weight excluding hydrogens is 308 g/mol. The van der Waals surface area contributed by atoms with Crippen molar-refractivity contribution in [2.24, 2.45) is 0 Å². The van der Waals surface area contributed by atoms with Gasteiger partial charge in [0.05, 0.1) is 5.69 Å². The molecule has 0 atom stereocenters. The van der Waals surface area contributed by atoms with Gasteiger partial charge in [-0.3, -0.25) is 4.40 Å². The minimum atomic E-state index is -0.739. The summed E-state index contributed by atoms with van der Waals surface area (Å²) in [5, 5.41) is 9.10. The van der Waals surface area contributed by atoms with Crippen molar-refractivity contribution < 1.29 is 8.78 Å². The van der Waals surface area contributed by atoms with Gasteiger partial charge in [0.15, 0.2) is 5.01 Å². The summed E-state index contributed by atoms with van der Waals surface area (Å²) in [6, 6.07) is 4.99. The highest BCUT2D eigenvalue weighted by molar-refractivity contribution is 7.12. The van der Waals surface area contributed by atoms with Gasteiger partial charge in [-0.15, -0.1) is 10.2 Å². The van der Waals surface area contributed by atoms with Crippen molar-refractivity contribution in [2.75, 3.05) is 0 Å². The van der Waals surface area contributed by atoms with Gasteiger partial charge in [0.1, 0.15) is 35.8 Å². The molecule has 0 aliphatic heterocycles. The van der Waals surface area contributed by atoms with Gasteiger partial charge in [0.25, 0.3) is 0 Å². The molecule has 4 rings (SSSR count). The number of halogens is 2. The van der Waals surface area contributed by atoms with E-state index in [9.17, 15) is 8.78 Å². The summed E-state index contributed by atoms with van der Waals surface area (Å²) in [7, 11) is 0. The molecule has 0 saturated carbocycles. The van der Waals surface area contributed by atoms with E-state index in [1.165, 1.54) is 17.4 Å². The molecule has 0 amide bonds. The molecular formula is C14H9F2N5S. The lowest BCUT2D eigenvalue weighted by Crippen LogP contribution is -1.97. The first-order chi connectivity index (χ1) is 10.8. The number of aromatic nitrogens is 5. The zero-order valence-electron chi connectivity index (χ0n) is 11.2. The minimum absolute atomic E-state index is 0.207. The molecule has 0 aromatic carbocycles.